The van der Waals surface area contributed by atoms with Crippen molar-refractivity contribution in [2.75, 3.05) is 17.7 Å². The van der Waals surface area contributed by atoms with Gasteiger partial charge >= 0.3 is 0 Å². The molecule has 1 fully saturated rings. The molecule has 158 valence electrons. The first-order chi connectivity index (χ1) is 15.0. The molecule has 4 N–H and O–H groups in total. The smallest absolute Gasteiger partial charge is 0.254 e. The number of nitrogens with one attached hydrogen (secondary N) is 4. The van der Waals surface area contributed by atoms with E-state index in [1.165, 1.54) is 6.20 Å². The van der Waals surface area contributed by atoms with Crippen molar-refractivity contribution >= 4 is 34.8 Å². The molecule has 0 unspecified atom stereocenters. The molecule has 0 aliphatic heterocycles. The van der Waals surface area contributed by atoms with Crippen molar-refractivity contribution < 1.29 is 9.59 Å². The zero-order valence-electron chi connectivity index (χ0n) is 17.4. The van der Waals surface area contributed by atoms with Gasteiger partial charge in [0.15, 0.2) is 0 Å². The number of carbonyl (C=O) groups is 2. The molecule has 1 saturated carbocycles. The number of aryl methyl sites for hydroxylation is 1. The van der Waals surface area contributed by atoms with Crippen LogP contribution < -0.4 is 21.3 Å². The lowest BCUT2D eigenvalue weighted by atomic mass is 10.1. The topological polar surface area (TPSA) is 108 Å². The van der Waals surface area contributed by atoms with Crippen molar-refractivity contribution in [1.29, 1.82) is 0 Å². The summed E-state index contributed by atoms with van der Waals surface area (Å²) in [5.74, 6) is 0.822. The first-order valence-corrected chi connectivity index (χ1v) is 10.1. The highest BCUT2D eigenvalue weighted by Crippen LogP contribution is 2.26. The number of pyridine rings is 2. The number of aromatic nitrogens is 2. The molecule has 31 heavy (non-hydrogen) atoms. The van der Waals surface area contributed by atoms with E-state index in [-0.39, 0.29) is 17.9 Å². The molecule has 0 radical (unpaired) electrons. The second-order valence-electron chi connectivity index (χ2n) is 7.49. The second kappa shape index (κ2) is 8.83. The third-order valence-corrected chi connectivity index (χ3v) is 4.86. The average molecular weight is 416 g/mol. The third kappa shape index (κ3) is 5.16. The van der Waals surface area contributed by atoms with Gasteiger partial charge in [0.1, 0.15) is 11.6 Å². The fraction of sp³-hybridized carbons (Fsp3) is 0.217. The van der Waals surface area contributed by atoms with Crippen LogP contribution in [0.25, 0.3) is 0 Å². The van der Waals surface area contributed by atoms with Crippen LogP contribution in [-0.2, 0) is 0 Å². The van der Waals surface area contributed by atoms with E-state index >= 15 is 0 Å². The molecule has 8 nitrogen and oxygen atoms in total. The second-order valence-corrected chi connectivity index (χ2v) is 7.49. The normalized spacial score (nSPS) is 12.7. The van der Waals surface area contributed by atoms with Crippen molar-refractivity contribution in [3.05, 3.63) is 71.5 Å². The summed E-state index contributed by atoms with van der Waals surface area (Å²) in [6.45, 7) is 1.97. The molecule has 0 bridgehead atoms. The van der Waals surface area contributed by atoms with Gasteiger partial charge in [-0.25, -0.2) is 9.97 Å². The van der Waals surface area contributed by atoms with E-state index in [2.05, 4.69) is 31.2 Å². The van der Waals surface area contributed by atoms with E-state index in [0.717, 1.165) is 18.4 Å². The van der Waals surface area contributed by atoms with Crippen molar-refractivity contribution in [3.63, 3.8) is 0 Å². The maximum atomic E-state index is 12.4. The van der Waals surface area contributed by atoms with Gasteiger partial charge in [0.05, 0.1) is 11.3 Å². The minimum atomic E-state index is -0.266. The van der Waals surface area contributed by atoms with Crippen LogP contribution in [0.2, 0.25) is 0 Å². The predicted octanol–water partition coefficient (Wildman–Crippen LogP) is 3.52. The Labute approximate surface area is 180 Å². The number of hydrogen-bond donors (Lipinski definition) is 4. The Morgan fingerprint density at radius 3 is 2.45 bits per heavy atom. The maximum Gasteiger partial charge on any atom is 0.254 e. The van der Waals surface area contributed by atoms with Crippen molar-refractivity contribution in [3.8, 4) is 0 Å². The molecule has 2 amide bonds. The number of benzene rings is 1. The monoisotopic (exact) mass is 416 g/mol. The molecule has 0 atom stereocenters. The minimum Gasteiger partial charge on any atom is -0.355 e. The largest absolute Gasteiger partial charge is 0.355 e. The molecule has 0 saturated heterocycles. The van der Waals surface area contributed by atoms with Gasteiger partial charge in [-0.1, -0.05) is 12.1 Å². The molecular formula is C23H24N6O2. The van der Waals surface area contributed by atoms with Crippen molar-refractivity contribution in [1.82, 2.24) is 20.6 Å². The zero-order chi connectivity index (χ0) is 21.8. The highest BCUT2D eigenvalue weighted by atomic mass is 16.2. The van der Waals surface area contributed by atoms with Gasteiger partial charge in [-0.15, -0.1) is 0 Å². The molecule has 1 aliphatic rings. The number of carbonyl (C=O) groups excluding carboxylic acids is 2. The molecule has 0 spiro atoms. The summed E-state index contributed by atoms with van der Waals surface area (Å²) >= 11 is 0. The predicted molar refractivity (Wildman–Crippen MR) is 120 cm³/mol. The Hall–Kier alpha value is -3.94. The molecular weight excluding hydrogens is 392 g/mol. The van der Waals surface area contributed by atoms with Gasteiger partial charge < -0.3 is 21.3 Å². The van der Waals surface area contributed by atoms with Gasteiger partial charge in [0, 0.05) is 42.8 Å². The van der Waals surface area contributed by atoms with Crippen LogP contribution in [-0.4, -0.2) is 34.9 Å². The average Bonchev–Trinajstić information content (AvgIpc) is 3.59. The fourth-order valence-corrected chi connectivity index (χ4v) is 3.01. The first-order valence-electron chi connectivity index (χ1n) is 10.1. The lowest BCUT2D eigenvalue weighted by Crippen LogP contribution is -2.25. The summed E-state index contributed by atoms with van der Waals surface area (Å²) in [6.07, 6.45) is 5.32. The van der Waals surface area contributed by atoms with E-state index in [4.69, 9.17) is 0 Å². The maximum absolute atomic E-state index is 12.4. The minimum absolute atomic E-state index is 0.0970. The number of rotatable bonds is 7. The Morgan fingerprint density at radius 2 is 1.74 bits per heavy atom. The molecule has 2 heterocycles. The van der Waals surface area contributed by atoms with Gasteiger partial charge in [0.2, 0.25) is 0 Å². The summed E-state index contributed by atoms with van der Waals surface area (Å²) in [7, 11) is 1.57. The molecule has 1 aliphatic carbocycles. The lowest BCUT2D eigenvalue weighted by molar-refractivity contribution is 0.0947. The van der Waals surface area contributed by atoms with Crippen LogP contribution in [0.15, 0.2) is 54.9 Å². The Bertz CT molecular complexity index is 1110. The van der Waals surface area contributed by atoms with Crippen LogP contribution in [0.4, 0.5) is 23.0 Å². The van der Waals surface area contributed by atoms with Crippen LogP contribution in [0, 0.1) is 6.92 Å². The summed E-state index contributed by atoms with van der Waals surface area (Å²) in [5.41, 5.74) is 3.26. The summed E-state index contributed by atoms with van der Waals surface area (Å²) in [5, 5.41) is 12.0. The van der Waals surface area contributed by atoms with E-state index in [1.807, 2.05) is 25.1 Å². The van der Waals surface area contributed by atoms with Crippen LogP contribution >= 0.6 is 0 Å². The quantitative estimate of drug-likeness (QED) is 0.469. The highest BCUT2D eigenvalue weighted by Gasteiger charge is 2.23. The van der Waals surface area contributed by atoms with Gasteiger partial charge in [0.25, 0.3) is 11.8 Å². The van der Waals surface area contributed by atoms with E-state index in [0.29, 0.717) is 34.1 Å². The molecule has 2 aromatic heterocycles. The van der Waals surface area contributed by atoms with Gasteiger partial charge in [-0.2, -0.15) is 0 Å². The molecule has 1 aromatic carbocycles. The molecule has 3 aromatic rings. The van der Waals surface area contributed by atoms with Crippen molar-refractivity contribution in [2.24, 2.45) is 0 Å². The summed E-state index contributed by atoms with van der Waals surface area (Å²) in [6, 6.07) is 13.0. The third-order valence-electron chi connectivity index (χ3n) is 4.86. The SMILES string of the molecule is CNC(=O)c1cnc(Nc2ccc(C)cn2)cc1Nc1cccc(C(=O)NC2CC2)c1. The first kappa shape index (κ1) is 20.3. The number of amides is 2. The van der Waals surface area contributed by atoms with E-state index < -0.39 is 0 Å². The number of anilines is 4. The summed E-state index contributed by atoms with van der Waals surface area (Å²) < 4.78 is 0. The Balaban J connectivity index is 1.59. The Morgan fingerprint density at radius 1 is 0.935 bits per heavy atom. The van der Waals surface area contributed by atoms with E-state index in [1.54, 1.807) is 37.5 Å². The summed E-state index contributed by atoms with van der Waals surface area (Å²) in [4.78, 5) is 33.4. The Kier molecular flexibility index (Phi) is 5.79. The molecule has 8 heteroatoms. The standard InChI is InChI=1S/C23H24N6O2/c1-14-6-9-20(25-12-14)29-21-11-19(18(13-26-21)23(31)24-2)27-17-5-3-4-15(10-17)22(30)28-16-7-8-16/h3-6,9-13,16H,7-8H2,1-2H3,(H,24,31)(H,28,30)(H2,25,26,27,29). The number of hydrogen-bond acceptors (Lipinski definition) is 6. The van der Waals surface area contributed by atoms with Gasteiger partial charge in [-0.3, -0.25) is 9.59 Å². The lowest BCUT2D eigenvalue weighted by Gasteiger charge is -2.14. The highest BCUT2D eigenvalue weighted by molar-refractivity contribution is 6.01. The van der Waals surface area contributed by atoms with Crippen LogP contribution in [0.3, 0.4) is 0 Å². The van der Waals surface area contributed by atoms with Gasteiger partial charge in [-0.05, 0) is 49.6 Å². The van der Waals surface area contributed by atoms with Crippen LogP contribution in [0.1, 0.15) is 39.1 Å². The number of nitrogens with zero attached hydrogens (tertiary/aromatic N) is 2. The van der Waals surface area contributed by atoms with Crippen molar-refractivity contribution in [2.45, 2.75) is 25.8 Å². The zero-order valence-corrected chi connectivity index (χ0v) is 17.4. The molecule has 4 rings (SSSR count). The van der Waals surface area contributed by atoms with E-state index in [9.17, 15) is 9.59 Å². The van der Waals surface area contributed by atoms with Crippen LogP contribution in [0.5, 0.6) is 0 Å². The fourth-order valence-electron chi connectivity index (χ4n) is 3.01.